The van der Waals surface area contributed by atoms with Crippen LogP contribution < -0.4 is 11.0 Å². The van der Waals surface area contributed by atoms with Crippen molar-refractivity contribution in [3.63, 3.8) is 0 Å². The average molecular weight is 405 g/mol. The lowest BCUT2D eigenvalue weighted by atomic mass is 10.1. The highest BCUT2D eigenvalue weighted by atomic mass is 16.6. The molecule has 9 heteroatoms. The first-order valence-corrected chi connectivity index (χ1v) is 9.48. The molecular formula is C21H19N5O4. The summed E-state index contributed by atoms with van der Waals surface area (Å²) in [7, 11) is 0. The number of carbonyl (C=O) groups is 1. The quantitative estimate of drug-likeness (QED) is 0.407. The van der Waals surface area contributed by atoms with Gasteiger partial charge in [-0.3, -0.25) is 24.3 Å². The van der Waals surface area contributed by atoms with Crippen LogP contribution in [0.2, 0.25) is 0 Å². The first-order valence-electron chi connectivity index (χ1n) is 9.48. The fourth-order valence-electron chi connectivity index (χ4n) is 3.52. The Morgan fingerprint density at radius 2 is 2.00 bits per heavy atom. The van der Waals surface area contributed by atoms with Crippen LogP contribution >= 0.6 is 0 Å². The number of nitrogens with one attached hydrogen (secondary N) is 1. The third-order valence-electron chi connectivity index (χ3n) is 5.23. The van der Waals surface area contributed by atoms with Gasteiger partial charge in [-0.05, 0) is 38.5 Å². The SMILES string of the molecule is C/C(=N/NC(=O)c1ccc2c(=O)n3c(nc2c1)CCC3)c1ccc(C)c([N+](=O)[O-])c1. The Kier molecular flexibility index (Phi) is 4.86. The van der Waals surface area contributed by atoms with Crippen LogP contribution in [-0.4, -0.2) is 26.1 Å². The molecule has 2 aromatic carbocycles. The molecule has 4 rings (SSSR count). The van der Waals surface area contributed by atoms with Crippen LogP contribution in [0.15, 0.2) is 46.3 Å². The molecule has 0 radical (unpaired) electrons. The molecule has 0 unspecified atom stereocenters. The molecule has 0 aliphatic carbocycles. The van der Waals surface area contributed by atoms with Crippen molar-refractivity contribution in [2.45, 2.75) is 33.2 Å². The molecule has 30 heavy (non-hydrogen) atoms. The number of nitro benzene ring substituents is 1. The Morgan fingerprint density at radius 1 is 1.23 bits per heavy atom. The summed E-state index contributed by atoms with van der Waals surface area (Å²) < 4.78 is 1.68. The average Bonchev–Trinajstić information content (AvgIpc) is 3.20. The van der Waals surface area contributed by atoms with Gasteiger partial charge in [0.1, 0.15) is 5.82 Å². The molecule has 3 aromatic rings. The van der Waals surface area contributed by atoms with Gasteiger partial charge in [-0.25, -0.2) is 10.4 Å². The number of nitrogens with zero attached hydrogens (tertiary/aromatic N) is 4. The Morgan fingerprint density at radius 3 is 2.77 bits per heavy atom. The molecule has 1 aliphatic rings. The molecule has 1 amide bonds. The van der Waals surface area contributed by atoms with Crippen molar-refractivity contribution in [2.24, 2.45) is 5.10 Å². The maximum absolute atomic E-state index is 12.5. The predicted molar refractivity (Wildman–Crippen MR) is 112 cm³/mol. The van der Waals surface area contributed by atoms with E-state index >= 15 is 0 Å². The second kappa shape index (κ2) is 7.51. The van der Waals surface area contributed by atoms with Crippen LogP contribution in [0.3, 0.4) is 0 Å². The van der Waals surface area contributed by atoms with E-state index in [-0.39, 0.29) is 11.2 Å². The number of hydrazone groups is 1. The van der Waals surface area contributed by atoms with E-state index in [1.165, 1.54) is 6.07 Å². The maximum Gasteiger partial charge on any atom is 0.272 e. The lowest BCUT2D eigenvalue weighted by molar-refractivity contribution is -0.385. The molecule has 0 bridgehead atoms. The van der Waals surface area contributed by atoms with Gasteiger partial charge >= 0.3 is 0 Å². The third-order valence-corrected chi connectivity index (χ3v) is 5.23. The Balaban J connectivity index is 1.59. The molecule has 1 aromatic heterocycles. The van der Waals surface area contributed by atoms with E-state index in [1.807, 2.05) is 0 Å². The van der Waals surface area contributed by atoms with Crippen LogP contribution in [0.4, 0.5) is 5.69 Å². The van der Waals surface area contributed by atoms with Gasteiger partial charge in [0.2, 0.25) is 0 Å². The minimum atomic E-state index is -0.458. The van der Waals surface area contributed by atoms with Crippen LogP contribution in [0.5, 0.6) is 0 Å². The number of hydrogen-bond donors (Lipinski definition) is 1. The molecule has 0 fully saturated rings. The van der Waals surface area contributed by atoms with Crippen LogP contribution in [0, 0.1) is 17.0 Å². The van der Waals surface area contributed by atoms with Gasteiger partial charge < -0.3 is 0 Å². The Hall–Kier alpha value is -3.88. The van der Waals surface area contributed by atoms with Crippen LogP contribution in [-0.2, 0) is 13.0 Å². The second-order valence-electron chi connectivity index (χ2n) is 7.22. The third kappa shape index (κ3) is 3.45. The van der Waals surface area contributed by atoms with Gasteiger partial charge in [0.15, 0.2) is 0 Å². The Labute approximate surface area is 171 Å². The Bertz CT molecular complexity index is 1290. The number of fused-ring (bicyclic) bond motifs is 2. The standard InChI is InChI=1S/C21H19N5O4/c1-12-5-6-14(11-18(12)26(29)30)13(2)23-24-20(27)15-7-8-16-17(10-15)22-19-4-3-9-25(19)21(16)28/h5-8,10-11H,3-4,9H2,1-2H3,(H,24,27)/b23-13-. The van der Waals surface area contributed by atoms with Crippen molar-refractivity contribution in [2.75, 3.05) is 0 Å². The predicted octanol–water partition coefficient (Wildman–Crippen LogP) is 2.71. The van der Waals surface area contributed by atoms with Crippen molar-refractivity contribution in [1.29, 1.82) is 0 Å². The number of aromatic nitrogens is 2. The number of amides is 1. The summed E-state index contributed by atoms with van der Waals surface area (Å²) in [5.74, 6) is 0.278. The van der Waals surface area contributed by atoms with Crippen molar-refractivity contribution >= 4 is 28.2 Å². The van der Waals surface area contributed by atoms with Gasteiger partial charge in [-0.15, -0.1) is 0 Å². The molecule has 2 heterocycles. The fraction of sp³-hybridized carbons (Fsp3) is 0.238. The monoisotopic (exact) mass is 405 g/mol. The molecule has 0 atom stereocenters. The lowest BCUT2D eigenvalue weighted by Crippen LogP contribution is -2.22. The van der Waals surface area contributed by atoms with Crippen molar-refractivity contribution in [3.05, 3.63) is 79.4 Å². The summed E-state index contributed by atoms with van der Waals surface area (Å²) in [6, 6.07) is 9.51. The summed E-state index contributed by atoms with van der Waals surface area (Å²) in [5.41, 5.74) is 4.69. The second-order valence-corrected chi connectivity index (χ2v) is 7.22. The zero-order valence-electron chi connectivity index (χ0n) is 16.5. The molecule has 1 aliphatic heterocycles. The van der Waals surface area contributed by atoms with E-state index in [9.17, 15) is 19.7 Å². The van der Waals surface area contributed by atoms with E-state index in [1.54, 1.807) is 48.7 Å². The molecule has 0 saturated heterocycles. The fourth-order valence-corrected chi connectivity index (χ4v) is 3.52. The van der Waals surface area contributed by atoms with Gasteiger partial charge in [0.25, 0.3) is 17.2 Å². The highest BCUT2D eigenvalue weighted by Gasteiger charge is 2.17. The largest absolute Gasteiger partial charge is 0.296 e. The van der Waals surface area contributed by atoms with E-state index < -0.39 is 10.8 Å². The topological polar surface area (TPSA) is 119 Å². The molecule has 1 N–H and O–H groups in total. The van der Waals surface area contributed by atoms with E-state index in [0.717, 1.165) is 18.7 Å². The van der Waals surface area contributed by atoms with E-state index in [0.29, 0.717) is 39.8 Å². The summed E-state index contributed by atoms with van der Waals surface area (Å²) in [6.45, 7) is 3.98. The van der Waals surface area contributed by atoms with Crippen LogP contribution in [0.25, 0.3) is 10.9 Å². The summed E-state index contributed by atoms with van der Waals surface area (Å²) in [6.07, 6.45) is 1.63. The normalized spacial score (nSPS) is 13.3. The highest BCUT2D eigenvalue weighted by Crippen LogP contribution is 2.20. The molecule has 0 saturated carbocycles. The summed E-state index contributed by atoms with van der Waals surface area (Å²) in [5, 5.41) is 15.7. The number of aryl methyl sites for hydroxylation is 2. The molecular weight excluding hydrogens is 386 g/mol. The highest BCUT2D eigenvalue weighted by molar-refractivity contribution is 6.02. The number of benzene rings is 2. The first-order chi connectivity index (χ1) is 14.3. The maximum atomic E-state index is 12.5. The summed E-state index contributed by atoms with van der Waals surface area (Å²) >= 11 is 0. The molecule has 152 valence electrons. The molecule has 0 spiro atoms. The zero-order chi connectivity index (χ0) is 21.4. The van der Waals surface area contributed by atoms with Crippen molar-refractivity contribution < 1.29 is 9.72 Å². The number of hydrogen-bond acceptors (Lipinski definition) is 6. The van der Waals surface area contributed by atoms with Gasteiger partial charge in [0.05, 0.1) is 21.5 Å². The first kappa shape index (κ1) is 19.4. The number of rotatable bonds is 4. The van der Waals surface area contributed by atoms with Crippen LogP contribution in [0.1, 0.15) is 40.7 Å². The minimum Gasteiger partial charge on any atom is -0.296 e. The van der Waals surface area contributed by atoms with E-state index in [4.69, 9.17) is 0 Å². The lowest BCUT2D eigenvalue weighted by Gasteiger charge is -2.07. The van der Waals surface area contributed by atoms with Crippen molar-refractivity contribution in [1.82, 2.24) is 15.0 Å². The number of carbonyl (C=O) groups excluding carboxylic acids is 1. The zero-order valence-corrected chi connectivity index (χ0v) is 16.5. The van der Waals surface area contributed by atoms with E-state index in [2.05, 4.69) is 15.5 Å². The molecule has 9 nitrogen and oxygen atoms in total. The smallest absolute Gasteiger partial charge is 0.272 e. The summed E-state index contributed by atoms with van der Waals surface area (Å²) in [4.78, 5) is 40.2. The van der Waals surface area contributed by atoms with Gasteiger partial charge in [0, 0.05) is 35.7 Å². The van der Waals surface area contributed by atoms with Gasteiger partial charge in [-0.2, -0.15) is 5.10 Å². The number of nitro groups is 1. The van der Waals surface area contributed by atoms with Crippen molar-refractivity contribution in [3.8, 4) is 0 Å². The minimum absolute atomic E-state index is 0.00667. The van der Waals surface area contributed by atoms with Gasteiger partial charge in [-0.1, -0.05) is 12.1 Å².